The number of rotatable bonds is 4. The van der Waals surface area contributed by atoms with Crippen LogP contribution in [0.25, 0.3) is 0 Å². The minimum Gasteiger partial charge on any atom is -0.339 e. The molecular weight excluding hydrogens is 366 g/mol. The molecule has 0 unspecified atom stereocenters. The molecule has 1 aromatic carbocycles. The molecule has 2 rings (SSSR count). The number of nitrogens with zero attached hydrogens (tertiary/aromatic N) is 1. The van der Waals surface area contributed by atoms with Crippen LogP contribution in [0, 0.1) is 5.92 Å². The molecule has 1 heterocycles. The van der Waals surface area contributed by atoms with Gasteiger partial charge in [0.25, 0.3) is 5.91 Å². The van der Waals surface area contributed by atoms with Crippen LogP contribution in [0.2, 0.25) is 0 Å². The van der Waals surface area contributed by atoms with Crippen molar-refractivity contribution >= 4 is 31.7 Å². The van der Waals surface area contributed by atoms with Crippen molar-refractivity contribution in [1.29, 1.82) is 0 Å². The average Bonchev–Trinajstić information content (AvgIpc) is 2.46. The van der Waals surface area contributed by atoms with Crippen LogP contribution in [-0.4, -0.2) is 43.3 Å². The van der Waals surface area contributed by atoms with Crippen LogP contribution in [0.3, 0.4) is 0 Å². The van der Waals surface area contributed by atoms with E-state index in [1.807, 2.05) is 26.0 Å². The van der Waals surface area contributed by atoms with E-state index in [0.29, 0.717) is 31.5 Å². The summed E-state index contributed by atoms with van der Waals surface area (Å²) in [7, 11) is -3.05. The van der Waals surface area contributed by atoms with Crippen LogP contribution >= 0.6 is 15.9 Å². The third kappa shape index (κ3) is 4.32. The maximum atomic E-state index is 12.4. The number of likely N-dealkylation sites (tertiary alicyclic amines) is 1. The molecule has 1 aliphatic rings. The molecule has 1 saturated heterocycles. The maximum Gasteiger partial charge on any atom is 0.253 e. The highest BCUT2D eigenvalue weighted by Gasteiger charge is 2.32. The van der Waals surface area contributed by atoms with Crippen molar-refractivity contribution in [2.24, 2.45) is 5.92 Å². The molecule has 0 saturated carbocycles. The van der Waals surface area contributed by atoms with Gasteiger partial charge in [-0.1, -0.05) is 29.8 Å². The second-order valence-corrected chi connectivity index (χ2v) is 9.46. The first-order valence-electron chi connectivity index (χ1n) is 7.56. The predicted molar refractivity (Wildman–Crippen MR) is 91.7 cm³/mol. The van der Waals surface area contributed by atoms with Crippen LogP contribution in [0.5, 0.6) is 0 Å². The zero-order valence-electron chi connectivity index (χ0n) is 13.0. The Balaban J connectivity index is 1.97. The summed E-state index contributed by atoms with van der Waals surface area (Å²) in [6.45, 7) is 4.86. The van der Waals surface area contributed by atoms with E-state index < -0.39 is 9.84 Å². The van der Waals surface area contributed by atoms with Gasteiger partial charge in [-0.3, -0.25) is 4.79 Å². The van der Waals surface area contributed by atoms with E-state index >= 15 is 0 Å². The normalized spacial score (nSPS) is 17.0. The van der Waals surface area contributed by atoms with Gasteiger partial charge in [0.05, 0.1) is 11.0 Å². The van der Waals surface area contributed by atoms with Crippen molar-refractivity contribution < 1.29 is 13.2 Å². The SMILES string of the molecule is CC(C)CS(=O)(=O)C1CCN(C(=O)c2ccc(Br)cc2)CC1. The highest BCUT2D eigenvalue weighted by Crippen LogP contribution is 2.22. The largest absolute Gasteiger partial charge is 0.339 e. The highest BCUT2D eigenvalue weighted by molar-refractivity contribution is 9.10. The lowest BCUT2D eigenvalue weighted by molar-refractivity contribution is 0.0725. The molecule has 0 atom stereocenters. The molecular formula is C16H22BrNO3S. The van der Waals surface area contributed by atoms with Crippen molar-refractivity contribution in [3.8, 4) is 0 Å². The Morgan fingerprint density at radius 1 is 1.23 bits per heavy atom. The number of piperidine rings is 1. The minimum atomic E-state index is -3.05. The average molecular weight is 388 g/mol. The van der Waals surface area contributed by atoms with Gasteiger partial charge in [0.2, 0.25) is 0 Å². The van der Waals surface area contributed by atoms with E-state index in [1.165, 1.54) is 0 Å². The van der Waals surface area contributed by atoms with Crippen molar-refractivity contribution in [2.45, 2.75) is 31.9 Å². The van der Waals surface area contributed by atoms with E-state index in [1.54, 1.807) is 17.0 Å². The Morgan fingerprint density at radius 2 is 1.77 bits per heavy atom. The standard InChI is InChI=1S/C16H22BrNO3S/c1-12(2)11-22(20,21)15-7-9-18(10-8-15)16(19)13-3-5-14(17)6-4-13/h3-6,12,15H,7-11H2,1-2H3. The van der Waals surface area contributed by atoms with Crippen LogP contribution in [0.4, 0.5) is 0 Å². The number of amides is 1. The van der Waals surface area contributed by atoms with Gasteiger partial charge in [0, 0.05) is 23.1 Å². The molecule has 6 heteroatoms. The second kappa shape index (κ2) is 7.13. The summed E-state index contributed by atoms with van der Waals surface area (Å²) in [6, 6.07) is 7.25. The third-order valence-corrected chi connectivity index (χ3v) is 7.04. The summed E-state index contributed by atoms with van der Waals surface area (Å²) in [4.78, 5) is 14.2. The highest BCUT2D eigenvalue weighted by atomic mass is 79.9. The van der Waals surface area contributed by atoms with E-state index in [0.717, 1.165) is 4.47 Å². The fourth-order valence-corrected chi connectivity index (χ4v) is 5.19. The van der Waals surface area contributed by atoms with E-state index in [2.05, 4.69) is 15.9 Å². The molecule has 0 aromatic heterocycles. The molecule has 4 nitrogen and oxygen atoms in total. The van der Waals surface area contributed by atoms with Crippen LogP contribution in [-0.2, 0) is 9.84 Å². The third-order valence-electron chi connectivity index (χ3n) is 3.89. The number of hydrogen-bond acceptors (Lipinski definition) is 3. The minimum absolute atomic E-state index is 0.0211. The number of carbonyl (C=O) groups is 1. The smallest absolute Gasteiger partial charge is 0.253 e. The summed E-state index contributed by atoms with van der Waals surface area (Å²) in [6.07, 6.45) is 1.08. The van der Waals surface area contributed by atoms with Gasteiger partial charge < -0.3 is 4.90 Å². The summed E-state index contributed by atoms with van der Waals surface area (Å²) < 4.78 is 25.5. The molecule has 0 N–H and O–H groups in total. The van der Waals surface area contributed by atoms with Gasteiger partial charge in [-0.25, -0.2) is 8.42 Å². The predicted octanol–water partition coefficient (Wildman–Crippen LogP) is 3.12. The number of halogens is 1. The van der Waals surface area contributed by atoms with Crippen molar-refractivity contribution in [2.75, 3.05) is 18.8 Å². The molecule has 1 fully saturated rings. The topological polar surface area (TPSA) is 54.5 Å². The monoisotopic (exact) mass is 387 g/mol. The van der Waals surface area contributed by atoms with Gasteiger partial charge in [-0.2, -0.15) is 0 Å². The Bertz CT molecular complexity index is 617. The summed E-state index contributed by atoms with van der Waals surface area (Å²) >= 11 is 3.35. The Morgan fingerprint density at radius 3 is 2.27 bits per heavy atom. The van der Waals surface area contributed by atoms with Crippen molar-refractivity contribution in [1.82, 2.24) is 4.90 Å². The zero-order valence-corrected chi connectivity index (χ0v) is 15.4. The zero-order chi connectivity index (χ0) is 16.3. The molecule has 0 spiro atoms. The molecule has 0 aliphatic carbocycles. The molecule has 1 amide bonds. The van der Waals surface area contributed by atoms with Gasteiger partial charge in [-0.15, -0.1) is 0 Å². The molecule has 0 bridgehead atoms. The Labute approximate surface area is 140 Å². The fourth-order valence-electron chi connectivity index (χ4n) is 2.79. The quantitative estimate of drug-likeness (QED) is 0.797. The summed E-state index contributed by atoms with van der Waals surface area (Å²) in [5, 5.41) is -0.302. The van der Waals surface area contributed by atoms with Crippen LogP contribution in [0.1, 0.15) is 37.0 Å². The molecule has 122 valence electrons. The van der Waals surface area contributed by atoms with Crippen molar-refractivity contribution in [3.05, 3.63) is 34.3 Å². The number of hydrogen-bond donors (Lipinski definition) is 0. The lowest BCUT2D eigenvalue weighted by Gasteiger charge is -2.32. The van der Waals surface area contributed by atoms with E-state index in [9.17, 15) is 13.2 Å². The lowest BCUT2D eigenvalue weighted by atomic mass is 10.1. The summed E-state index contributed by atoms with van der Waals surface area (Å²) in [5.41, 5.74) is 0.645. The fraction of sp³-hybridized carbons (Fsp3) is 0.562. The second-order valence-electron chi connectivity index (χ2n) is 6.22. The molecule has 1 aliphatic heterocycles. The van der Waals surface area contributed by atoms with Crippen molar-refractivity contribution in [3.63, 3.8) is 0 Å². The van der Waals surface area contributed by atoms with Gasteiger partial charge in [-0.05, 0) is 43.0 Å². The van der Waals surface area contributed by atoms with Gasteiger partial charge in [0.1, 0.15) is 0 Å². The molecule has 22 heavy (non-hydrogen) atoms. The van der Waals surface area contributed by atoms with Crippen LogP contribution < -0.4 is 0 Å². The molecule has 1 aromatic rings. The number of benzene rings is 1. The molecule has 0 radical (unpaired) electrons. The first-order chi connectivity index (χ1) is 10.3. The Kier molecular flexibility index (Phi) is 5.66. The number of sulfone groups is 1. The first kappa shape index (κ1) is 17.5. The maximum absolute atomic E-state index is 12.4. The Hall–Kier alpha value is -0.880. The van der Waals surface area contributed by atoms with Gasteiger partial charge in [0.15, 0.2) is 9.84 Å². The van der Waals surface area contributed by atoms with E-state index in [-0.39, 0.29) is 22.8 Å². The van der Waals surface area contributed by atoms with Gasteiger partial charge >= 0.3 is 0 Å². The lowest BCUT2D eigenvalue weighted by Crippen LogP contribution is -2.43. The van der Waals surface area contributed by atoms with Crippen LogP contribution in [0.15, 0.2) is 28.7 Å². The van der Waals surface area contributed by atoms with E-state index in [4.69, 9.17) is 0 Å². The first-order valence-corrected chi connectivity index (χ1v) is 10.1. The summed E-state index contributed by atoms with van der Waals surface area (Å²) in [5.74, 6) is 0.359. The number of carbonyl (C=O) groups excluding carboxylic acids is 1.